The van der Waals surface area contributed by atoms with E-state index in [2.05, 4.69) is 33.0 Å². The smallest absolute Gasteiger partial charge is 0.227 e. The van der Waals surface area contributed by atoms with Crippen molar-refractivity contribution in [1.82, 2.24) is 5.32 Å². The summed E-state index contributed by atoms with van der Waals surface area (Å²) in [5, 5.41) is 3.20. The van der Waals surface area contributed by atoms with Gasteiger partial charge >= 0.3 is 0 Å². The molecular weight excluding hydrogens is 248 g/mol. The van der Waals surface area contributed by atoms with E-state index in [4.69, 9.17) is 5.73 Å². The van der Waals surface area contributed by atoms with Gasteiger partial charge in [-0.15, -0.1) is 0 Å². The number of nitrogens with two attached hydrogens (primary N) is 1. The van der Waals surface area contributed by atoms with E-state index < -0.39 is 0 Å². The van der Waals surface area contributed by atoms with Crippen LogP contribution < -0.4 is 11.1 Å². The molecule has 0 aromatic rings. The molecule has 0 bridgehead atoms. The summed E-state index contributed by atoms with van der Waals surface area (Å²) in [6.45, 7) is 9.05. The number of rotatable bonds is 12. The fourth-order valence-corrected chi connectivity index (χ4v) is 2.93. The van der Waals surface area contributed by atoms with Gasteiger partial charge in [-0.1, -0.05) is 59.3 Å². The van der Waals surface area contributed by atoms with Crippen LogP contribution in [0.2, 0.25) is 0 Å². The van der Waals surface area contributed by atoms with Crippen molar-refractivity contribution in [2.75, 3.05) is 6.54 Å². The van der Waals surface area contributed by atoms with Crippen LogP contribution in [0, 0.1) is 5.41 Å². The highest BCUT2D eigenvalue weighted by Gasteiger charge is 2.35. The van der Waals surface area contributed by atoms with Gasteiger partial charge in [0.05, 0.1) is 5.41 Å². The molecule has 0 aliphatic rings. The van der Waals surface area contributed by atoms with Crippen LogP contribution in [0.1, 0.15) is 85.5 Å². The van der Waals surface area contributed by atoms with Gasteiger partial charge < -0.3 is 11.1 Å². The van der Waals surface area contributed by atoms with E-state index in [-0.39, 0.29) is 17.4 Å². The predicted octanol–water partition coefficient (Wildman–Crippen LogP) is 4.01. The van der Waals surface area contributed by atoms with Gasteiger partial charge in [0, 0.05) is 12.6 Å². The van der Waals surface area contributed by atoms with E-state index in [0.29, 0.717) is 6.54 Å². The summed E-state index contributed by atoms with van der Waals surface area (Å²) >= 11 is 0. The zero-order valence-electron chi connectivity index (χ0n) is 14.1. The quantitative estimate of drug-likeness (QED) is 0.532. The standard InChI is InChI=1S/C17H36N2O/c1-5-8-9-10-11-15(4)19-16(20)17(14-18,12-6-2)13-7-3/h15H,5-14,18H2,1-4H3,(H,19,20). The molecule has 0 rings (SSSR count). The summed E-state index contributed by atoms with van der Waals surface area (Å²) in [6, 6.07) is 0.263. The molecule has 3 heteroatoms. The Kier molecular flexibility index (Phi) is 10.8. The number of carbonyl (C=O) groups excluding carboxylic acids is 1. The minimum Gasteiger partial charge on any atom is -0.353 e. The molecule has 0 aromatic carbocycles. The van der Waals surface area contributed by atoms with Crippen molar-refractivity contribution in [2.24, 2.45) is 11.1 Å². The lowest BCUT2D eigenvalue weighted by atomic mass is 9.78. The van der Waals surface area contributed by atoms with Crippen molar-refractivity contribution >= 4 is 5.91 Å². The molecule has 0 aromatic heterocycles. The molecule has 0 saturated heterocycles. The molecule has 1 amide bonds. The molecule has 3 nitrogen and oxygen atoms in total. The van der Waals surface area contributed by atoms with Crippen molar-refractivity contribution in [3.8, 4) is 0 Å². The van der Waals surface area contributed by atoms with Crippen molar-refractivity contribution in [3.63, 3.8) is 0 Å². The summed E-state index contributed by atoms with van der Waals surface area (Å²) in [6.07, 6.45) is 9.89. The maximum atomic E-state index is 12.6. The second kappa shape index (κ2) is 11.1. The molecule has 0 spiro atoms. The van der Waals surface area contributed by atoms with Crippen LogP contribution in [0.5, 0.6) is 0 Å². The number of amides is 1. The van der Waals surface area contributed by atoms with Crippen LogP contribution in [0.3, 0.4) is 0 Å². The molecule has 20 heavy (non-hydrogen) atoms. The zero-order chi connectivity index (χ0) is 15.4. The maximum absolute atomic E-state index is 12.6. The van der Waals surface area contributed by atoms with Crippen LogP contribution >= 0.6 is 0 Å². The van der Waals surface area contributed by atoms with Crippen molar-refractivity contribution in [2.45, 2.75) is 91.5 Å². The second-order valence-electron chi connectivity index (χ2n) is 6.21. The zero-order valence-corrected chi connectivity index (χ0v) is 14.1. The van der Waals surface area contributed by atoms with E-state index >= 15 is 0 Å². The van der Waals surface area contributed by atoms with Crippen molar-refractivity contribution in [1.29, 1.82) is 0 Å². The first-order valence-electron chi connectivity index (χ1n) is 8.57. The highest BCUT2D eigenvalue weighted by Crippen LogP contribution is 2.29. The highest BCUT2D eigenvalue weighted by atomic mass is 16.2. The van der Waals surface area contributed by atoms with E-state index in [1.165, 1.54) is 25.7 Å². The Hall–Kier alpha value is -0.570. The van der Waals surface area contributed by atoms with E-state index in [9.17, 15) is 4.79 Å². The molecule has 0 aliphatic carbocycles. The van der Waals surface area contributed by atoms with Gasteiger partial charge in [0.1, 0.15) is 0 Å². The van der Waals surface area contributed by atoms with Crippen LogP contribution in [-0.4, -0.2) is 18.5 Å². The summed E-state index contributed by atoms with van der Waals surface area (Å²) in [5.74, 6) is 0.173. The minimum absolute atomic E-state index is 0.173. The lowest BCUT2D eigenvalue weighted by molar-refractivity contribution is -0.132. The van der Waals surface area contributed by atoms with Gasteiger partial charge in [-0.3, -0.25) is 4.79 Å². The third kappa shape index (κ3) is 6.74. The average Bonchev–Trinajstić information content (AvgIpc) is 2.43. The highest BCUT2D eigenvalue weighted by molar-refractivity contribution is 5.83. The molecular formula is C17H36N2O. The van der Waals surface area contributed by atoms with Crippen LogP contribution in [-0.2, 0) is 4.79 Å². The van der Waals surface area contributed by atoms with Crippen LogP contribution in [0.25, 0.3) is 0 Å². The summed E-state index contributed by atoms with van der Waals surface area (Å²) < 4.78 is 0. The van der Waals surface area contributed by atoms with Gasteiger partial charge in [0.15, 0.2) is 0 Å². The Morgan fingerprint density at radius 2 is 1.65 bits per heavy atom. The SMILES string of the molecule is CCCCCCC(C)NC(=O)C(CN)(CCC)CCC. The van der Waals surface area contributed by atoms with Gasteiger partial charge in [-0.2, -0.15) is 0 Å². The van der Waals surface area contributed by atoms with E-state index in [1.807, 2.05) is 0 Å². The fourth-order valence-electron chi connectivity index (χ4n) is 2.93. The lowest BCUT2D eigenvalue weighted by Crippen LogP contribution is -2.48. The lowest BCUT2D eigenvalue weighted by Gasteiger charge is -2.32. The normalized spacial score (nSPS) is 13.2. The number of hydrogen-bond donors (Lipinski definition) is 2. The van der Waals surface area contributed by atoms with Crippen molar-refractivity contribution in [3.05, 3.63) is 0 Å². The van der Waals surface area contributed by atoms with Gasteiger partial charge in [-0.05, 0) is 26.2 Å². The molecule has 0 heterocycles. The predicted molar refractivity (Wildman–Crippen MR) is 87.7 cm³/mol. The Bertz CT molecular complexity index is 247. The Labute approximate surface area is 126 Å². The Morgan fingerprint density at radius 1 is 1.05 bits per heavy atom. The first kappa shape index (κ1) is 19.4. The number of carbonyl (C=O) groups is 1. The Balaban J connectivity index is 4.36. The summed E-state index contributed by atoms with van der Waals surface area (Å²) in [4.78, 5) is 12.6. The fraction of sp³-hybridized carbons (Fsp3) is 0.941. The molecule has 3 N–H and O–H groups in total. The Morgan fingerprint density at radius 3 is 2.10 bits per heavy atom. The van der Waals surface area contributed by atoms with Crippen LogP contribution in [0.15, 0.2) is 0 Å². The monoisotopic (exact) mass is 284 g/mol. The van der Waals surface area contributed by atoms with Gasteiger partial charge in [0.2, 0.25) is 5.91 Å². The summed E-state index contributed by atoms with van der Waals surface area (Å²) in [5.41, 5.74) is 5.59. The first-order valence-corrected chi connectivity index (χ1v) is 8.57. The molecule has 0 aliphatic heterocycles. The maximum Gasteiger partial charge on any atom is 0.227 e. The molecule has 120 valence electrons. The molecule has 0 saturated carbocycles. The molecule has 1 atom stereocenters. The number of hydrogen-bond acceptors (Lipinski definition) is 2. The van der Waals surface area contributed by atoms with E-state index in [1.54, 1.807) is 0 Å². The first-order chi connectivity index (χ1) is 9.56. The minimum atomic E-state index is -0.346. The molecule has 0 radical (unpaired) electrons. The number of unbranched alkanes of at least 4 members (excludes halogenated alkanes) is 3. The third-order valence-corrected chi connectivity index (χ3v) is 4.20. The molecule has 1 unspecified atom stereocenters. The second-order valence-corrected chi connectivity index (χ2v) is 6.21. The van der Waals surface area contributed by atoms with Crippen molar-refractivity contribution < 1.29 is 4.79 Å². The molecule has 0 fully saturated rings. The van der Waals surface area contributed by atoms with Gasteiger partial charge in [0.25, 0.3) is 0 Å². The van der Waals surface area contributed by atoms with Gasteiger partial charge in [-0.25, -0.2) is 0 Å². The largest absolute Gasteiger partial charge is 0.353 e. The van der Waals surface area contributed by atoms with Crippen LogP contribution in [0.4, 0.5) is 0 Å². The average molecular weight is 284 g/mol. The summed E-state index contributed by atoms with van der Waals surface area (Å²) in [7, 11) is 0. The van der Waals surface area contributed by atoms with E-state index in [0.717, 1.165) is 32.1 Å². The number of nitrogens with one attached hydrogen (secondary N) is 1. The third-order valence-electron chi connectivity index (χ3n) is 4.20. The topological polar surface area (TPSA) is 55.1 Å².